The topological polar surface area (TPSA) is 35.8 Å². The molecule has 1 rings (SSSR count). The predicted molar refractivity (Wildman–Crippen MR) is 68.3 cm³/mol. The van der Waals surface area contributed by atoms with E-state index in [2.05, 4.69) is 11.4 Å². The molecule has 0 unspecified atom stereocenters. The number of anilines is 1. The van der Waals surface area contributed by atoms with E-state index in [1.165, 1.54) is 6.07 Å². The SMILES string of the molecule is Cc1ccc(NCCCC(C)(C)C#N)cc1F. The molecule has 1 aromatic rings. The fourth-order valence-corrected chi connectivity index (χ4v) is 1.52. The molecule has 0 saturated heterocycles. The number of hydrogen-bond acceptors (Lipinski definition) is 2. The first-order valence-electron chi connectivity index (χ1n) is 5.86. The summed E-state index contributed by atoms with van der Waals surface area (Å²) in [6.07, 6.45) is 1.74. The van der Waals surface area contributed by atoms with Crippen molar-refractivity contribution in [1.29, 1.82) is 5.26 Å². The molecule has 2 nitrogen and oxygen atoms in total. The van der Waals surface area contributed by atoms with Crippen LogP contribution in [0.15, 0.2) is 18.2 Å². The molecule has 0 aliphatic rings. The molecule has 0 aliphatic heterocycles. The standard InChI is InChI=1S/C14H19FN2/c1-11-5-6-12(9-13(11)15)17-8-4-7-14(2,3)10-16/h5-6,9,17H,4,7-8H2,1-3H3. The minimum absolute atomic E-state index is 0.188. The lowest BCUT2D eigenvalue weighted by molar-refractivity contribution is 0.441. The fraction of sp³-hybridized carbons (Fsp3) is 0.500. The van der Waals surface area contributed by atoms with Crippen molar-refractivity contribution in [2.45, 2.75) is 33.6 Å². The molecule has 0 bridgehead atoms. The maximum atomic E-state index is 13.2. The van der Waals surface area contributed by atoms with Gasteiger partial charge in [-0.25, -0.2) is 4.39 Å². The van der Waals surface area contributed by atoms with Crippen LogP contribution in [-0.2, 0) is 0 Å². The quantitative estimate of drug-likeness (QED) is 0.785. The third-order valence-electron chi connectivity index (χ3n) is 2.78. The van der Waals surface area contributed by atoms with Crippen molar-refractivity contribution in [3.8, 4) is 6.07 Å². The number of nitrogens with one attached hydrogen (secondary N) is 1. The van der Waals surface area contributed by atoms with Gasteiger partial charge in [-0.15, -0.1) is 0 Å². The van der Waals surface area contributed by atoms with E-state index in [0.29, 0.717) is 5.56 Å². The Kier molecular flexibility index (Phi) is 4.51. The highest BCUT2D eigenvalue weighted by Gasteiger charge is 2.15. The molecule has 0 fully saturated rings. The summed E-state index contributed by atoms with van der Waals surface area (Å²) in [5, 5.41) is 12.0. The summed E-state index contributed by atoms with van der Waals surface area (Å²) in [6, 6.07) is 7.40. The number of benzene rings is 1. The van der Waals surface area contributed by atoms with Crippen molar-refractivity contribution in [2.24, 2.45) is 5.41 Å². The van der Waals surface area contributed by atoms with Crippen LogP contribution in [0, 0.1) is 29.5 Å². The first kappa shape index (κ1) is 13.5. The molecule has 0 aromatic heterocycles. The van der Waals surface area contributed by atoms with Crippen LogP contribution in [0.4, 0.5) is 10.1 Å². The second-order valence-electron chi connectivity index (χ2n) is 4.99. The van der Waals surface area contributed by atoms with Gasteiger partial charge >= 0.3 is 0 Å². The van der Waals surface area contributed by atoms with Crippen LogP contribution in [0.3, 0.4) is 0 Å². The Labute approximate surface area is 102 Å². The Morgan fingerprint density at radius 1 is 1.41 bits per heavy atom. The molecule has 3 heteroatoms. The van der Waals surface area contributed by atoms with Gasteiger partial charge in [0, 0.05) is 12.2 Å². The predicted octanol–water partition coefficient (Wildman–Crippen LogP) is 3.88. The molecule has 0 radical (unpaired) electrons. The zero-order valence-corrected chi connectivity index (χ0v) is 10.7. The van der Waals surface area contributed by atoms with Crippen molar-refractivity contribution in [3.05, 3.63) is 29.6 Å². The van der Waals surface area contributed by atoms with Gasteiger partial charge in [0.25, 0.3) is 0 Å². The van der Waals surface area contributed by atoms with E-state index in [4.69, 9.17) is 5.26 Å². The number of aryl methyl sites for hydroxylation is 1. The highest BCUT2D eigenvalue weighted by atomic mass is 19.1. The molecule has 0 spiro atoms. The largest absolute Gasteiger partial charge is 0.385 e. The number of hydrogen-bond donors (Lipinski definition) is 1. The van der Waals surface area contributed by atoms with E-state index >= 15 is 0 Å². The van der Waals surface area contributed by atoms with E-state index in [0.717, 1.165) is 25.1 Å². The summed E-state index contributed by atoms with van der Waals surface area (Å²) in [7, 11) is 0. The van der Waals surface area contributed by atoms with Crippen molar-refractivity contribution in [3.63, 3.8) is 0 Å². The van der Waals surface area contributed by atoms with Gasteiger partial charge in [-0.3, -0.25) is 0 Å². The average molecular weight is 234 g/mol. The highest BCUT2D eigenvalue weighted by molar-refractivity contribution is 5.44. The molecule has 0 saturated carbocycles. The van der Waals surface area contributed by atoms with E-state index in [9.17, 15) is 4.39 Å². The maximum Gasteiger partial charge on any atom is 0.128 e. The lowest BCUT2D eigenvalue weighted by Crippen LogP contribution is -2.11. The van der Waals surface area contributed by atoms with Gasteiger partial charge in [0.15, 0.2) is 0 Å². The van der Waals surface area contributed by atoms with Gasteiger partial charge in [0.2, 0.25) is 0 Å². The van der Waals surface area contributed by atoms with Crippen molar-refractivity contribution in [2.75, 3.05) is 11.9 Å². The van der Waals surface area contributed by atoms with Crippen LogP contribution in [0.25, 0.3) is 0 Å². The van der Waals surface area contributed by atoms with Gasteiger partial charge in [0.1, 0.15) is 5.82 Å². The molecular formula is C14H19FN2. The molecule has 0 amide bonds. The third kappa shape index (κ3) is 4.44. The lowest BCUT2D eigenvalue weighted by Gasteiger charge is -2.15. The highest BCUT2D eigenvalue weighted by Crippen LogP contribution is 2.20. The Hall–Kier alpha value is -1.56. The van der Waals surface area contributed by atoms with Crippen LogP contribution in [0.2, 0.25) is 0 Å². The molecule has 0 heterocycles. The Bertz CT molecular complexity index is 419. The Balaban J connectivity index is 2.37. The number of nitrogens with zero attached hydrogens (tertiary/aromatic N) is 1. The summed E-state index contributed by atoms with van der Waals surface area (Å²) in [5.74, 6) is -0.188. The van der Waals surface area contributed by atoms with E-state index < -0.39 is 0 Å². The average Bonchev–Trinajstić information content (AvgIpc) is 2.29. The van der Waals surface area contributed by atoms with Crippen LogP contribution in [0.5, 0.6) is 0 Å². The zero-order valence-electron chi connectivity index (χ0n) is 10.7. The number of halogens is 1. The maximum absolute atomic E-state index is 13.2. The number of rotatable bonds is 5. The normalized spacial score (nSPS) is 11.0. The van der Waals surface area contributed by atoms with E-state index in [1.807, 2.05) is 19.9 Å². The van der Waals surface area contributed by atoms with Gasteiger partial charge in [-0.2, -0.15) is 5.26 Å². The fourth-order valence-electron chi connectivity index (χ4n) is 1.52. The first-order chi connectivity index (χ1) is 7.94. The monoisotopic (exact) mass is 234 g/mol. The Morgan fingerprint density at radius 2 is 2.12 bits per heavy atom. The van der Waals surface area contributed by atoms with E-state index in [1.54, 1.807) is 13.0 Å². The minimum Gasteiger partial charge on any atom is -0.385 e. The van der Waals surface area contributed by atoms with Crippen molar-refractivity contribution >= 4 is 5.69 Å². The molecular weight excluding hydrogens is 215 g/mol. The van der Waals surface area contributed by atoms with Gasteiger partial charge < -0.3 is 5.32 Å². The molecule has 0 atom stereocenters. The van der Waals surface area contributed by atoms with Gasteiger partial charge in [-0.05, 0) is 51.3 Å². The van der Waals surface area contributed by atoms with Crippen LogP contribution >= 0.6 is 0 Å². The molecule has 1 aromatic carbocycles. The van der Waals surface area contributed by atoms with E-state index in [-0.39, 0.29) is 11.2 Å². The summed E-state index contributed by atoms with van der Waals surface area (Å²) < 4.78 is 13.2. The molecule has 92 valence electrons. The summed E-state index contributed by atoms with van der Waals surface area (Å²) in [4.78, 5) is 0. The van der Waals surface area contributed by atoms with Crippen molar-refractivity contribution in [1.82, 2.24) is 0 Å². The molecule has 1 N–H and O–H groups in total. The second-order valence-corrected chi connectivity index (χ2v) is 4.99. The third-order valence-corrected chi connectivity index (χ3v) is 2.78. The summed E-state index contributed by atoms with van der Waals surface area (Å²) >= 11 is 0. The number of nitriles is 1. The van der Waals surface area contributed by atoms with Crippen LogP contribution in [-0.4, -0.2) is 6.54 Å². The molecule has 0 aliphatic carbocycles. The smallest absolute Gasteiger partial charge is 0.128 e. The van der Waals surface area contributed by atoms with Crippen molar-refractivity contribution < 1.29 is 4.39 Å². The summed E-state index contributed by atoms with van der Waals surface area (Å²) in [6.45, 7) is 6.36. The van der Waals surface area contributed by atoms with Crippen LogP contribution < -0.4 is 5.32 Å². The van der Waals surface area contributed by atoms with Gasteiger partial charge in [-0.1, -0.05) is 6.07 Å². The lowest BCUT2D eigenvalue weighted by atomic mass is 9.90. The minimum atomic E-state index is -0.278. The Morgan fingerprint density at radius 3 is 2.71 bits per heavy atom. The zero-order chi connectivity index (χ0) is 12.9. The second kappa shape index (κ2) is 5.67. The van der Waals surface area contributed by atoms with Gasteiger partial charge in [0.05, 0.1) is 11.5 Å². The first-order valence-corrected chi connectivity index (χ1v) is 5.86. The molecule has 17 heavy (non-hydrogen) atoms. The van der Waals surface area contributed by atoms with Crippen LogP contribution in [0.1, 0.15) is 32.3 Å². The summed E-state index contributed by atoms with van der Waals surface area (Å²) in [5.41, 5.74) is 1.17.